The zero-order valence-corrected chi connectivity index (χ0v) is 15.4. The molecule has 2 aromatic heterocycles. The molecule has 0 radical (unpaired) electrons. The number of amides is 1. The van der Waals surface area contributed by atoms with Gasteiger partial charge in [0.2, 0.25) is 0 Å². The molecule has 0 saturated carbocycles. The Morgan fingerprint density at radius 1 is 1.07 bits per heavy atom. The van der Waals surface area contributed by atoms with E-state index in [-0.39, 0.29) is 11.7 Å². The van der Waals surface area contributed by atoms with Crippen molar-refractivity contribution >= 4 is 11.7 Å². The zero-order chi connectivity index (χ0) is 19.7. The Morgan fingerprint density at radius 2 is 1.86 bits per heavy atom. The molecular formula is C21H18FN5O. The van der Waals surface area contributed by atoms with Gasteiger partial charge in [-0.15, -0.1) is 0 Å². The minimum absolute atomic E-state index is 0.316. The van der Waals surface area contributed by atoms with E-state index < -0.39 is 0 Å². The summed E-state index contributed by atoms with van der Waals surface area (Å²) < 4.78 is 16.5. The van der Waals surface area contributed by atoms with Crippen LogP contribution in [-0.2, 0) is 7.05 Å². The topological polar surface area (TPSA) is 64.7 Å². The van der Waals surface area contributed by atoms with Gasteiger partial charge in [-0.3, -0.25) is 9.48 Å². The van der Waals surface area contributed by atoms with Gasteiger partial charge in [-0.25, -0.2) is 9.07 Å². The second-order valence-electron chi connectivity index (χ2n) is 6.51. The van der Waals surface area contributed by atoms with Crippen molar-refractivity contribution in [2.24, 2.45) is 7.05 Å². The van der Waals surface area contributed by atoms with Crippen molar-refractivity contribution in [3.05, 3.63) is 83.9 Å². The summed E-state index contributed by atoms with van der Waals surface area (Å²) in [6.07, 6.45) is 3.39. The number of anilines is 1. The largest absolute Gasteiger partial charge is 0.305 e. The third-order valence-corrected chi connectivity index (χ3v) is 4.30. The molecule has 6 nitrogen and oxygen atoms in total. The van der Waals surface area contributed by atoms with E-state index in [0.29, 0.717) is 22.8 Å². The van der Waals surface area contributed by atoms with Crippen molar-refractivity contribution in [2.75, 3.05) is 5.32 Å². The van der Waals surface area contributed by atoms with Crippen molar-refractivity contribution in [3.8, 4) is 16.9 Å². The molecule has 0 aliphatic carbocycles. The molecule has 2 aromatic carbocycles. The van der Waals surface area contributed by atoms with E-state index in [1.807, 2.05) is 31.2 Å². The van der Waals surface area contributed by atoms with Crippen LogP contribution < -0.4 is 5.32 Å². The van der Waals surface area contributed by atoms with Crippen LogP contribution in [0.3, 0.4) is 0 Å². The first-order valence-electron chi connectivity index (χ1n) is 8.73. The predicted molar refractivity (Wildman–Crippen MR) is 105 cm³/mol. The van der Waals surface area contributed by atoms with Crippen LogP contribution in [0.1, 0.15) is 15.9 Å². The lowest BCUT2D eigenvalue weighted by molar-refractivity contribution is 0.102. The maximum atomic E-state index is 13.3. The van der Waals surface area contributed by atoms with Gasteiger partial charge in [0.05, 0.1) is 11.3 Å². The molecule has 1 amide bonds. The van der Waals surface area contributed by atoms with E-state index in [2.05, 4.69) is 15.5 Å². The summed E-state index contributed by atoms with van der Waals surface area (Å²) in [4.78, 5) is 12.9. The van der Waals surface area contributed by atoms with E-state index in [1.165, 1.54) is 12.1 Å². The molecule has 140 valence electrons. The third kappa shape index (κ3) is 3.55. The molecule has 4 aromatic rings. The van der Waals surface area contributed by atoms with E-state index in [9.17, 15) is 9.18 Å². The number of carbonyl (C=O) groups is 1. The lowest BCUT2D eigenvalue weighted by atomic mass is 10.1. The maximum absolute atomic E-state index is 13.3. The molecular weight excluding hydrogens is 357 g/mol. The molecule has 1 N–H and O–H groups in total. The van der Waals surface area contributed by atoms with Crippen molar-refractivity contribution < 1.29 is 9.18 Å². The Kier molecular flexibility index (Phi) is 4.49. The lowest BCUT2D eigenvalue weighted by Gasteiger charge is -2.04. The number of hydrogen-bond donors (Lipinski definition) is 1. The average Bonchev–Trinajstić information content (AvgIpc) is 3.29. The first-order chi connectivity index (χ1) is 13.5. The number of hydrogen-bond acceptors (Lipinski definition) is 3. The first-order valence-corrected chi connectivity index (χ1v) is 8.73. The van der Waals surface area contributed by atoms with Crippen LogP contribution in [-0.4, -0.2) is 25.5 Å². The van der Waals surface area contributed by atoms with Crippen LogP contribution in [0.2, 0.25) is 0 Å². The lowest BCUT2D eigenvalue weighted by Crippen LogP contribution is -2.13. The summed E-state index contributed by atoms with van der Waals surface area (Å²) in [7, 11) is 1.78. The van der Waals surface area contributed by atoms with Crippen LogP contribution in [0.4, 0.5) is 10.2 Å². The van der Waals surface area contributed by atoms with Crippen molar-refractivity contribution in [3.63, 3.8) is 0 Å². The van der Waals surface area contributed by atoms with Gasteiger partial charge in [0, 0.05) is 31.1 Å². The predicted octanol–water partition coefficient (Wildman–Crippen LogP) is 3.97. The summed E-state index contributed by atoms with van der Waals surface area (Å²) in [5.74, 6) is -0.191. The smallest absolute Gasteiger partial charge is 0.260 e. The highest BCUT2D eigenvalue weighted by Gasteiger charge is 2.19. The number of nitrogens with one attached hydrogen (secondary N) is 1. The number of nitrogens with zero attached hydrogens (tertiary/aromatic N) is 4. The maximum Gasteiger partial charge on any atom is 0.260 e. The molecule has 0 saturated heterocycles. The number of rotatable bonds is 4. The fourth-order valence-electron chi connectivity index (χ4n) is 2.94. The Labute approximate surface area is 161 Å². The van der Waals surface area contributed by atoms with E-state index >= 15 is 0 Å². The quantitative estimate of drug-likeness (QED) is 0.587. The summed E-state index contributed by atoms with van der Waals surface area (Å²) in [5.41, 5.74) is 3.49. The Morgan fingerprint density at radius 3 is 2.54 bits per heavy atom. The molecule has 0 atom stereocenters. The van der Waals surface area contributed by atoms with E-state index in [4.69, 9.17) is 0 Å². The van der Waals surface area contributed by atoms with E-state index in [1.54, 1.807) is 47.0 Å². The molecule has 0 unspecified atom stereocenters. The molecule has 0 aliphatic heterocycles. The number of benzene rings is 2. The Balaban J connectivity index is 1.78. The molecule has 0 fully saturated rings. The molecule has 7 heteroatoms. The van der Waals surface area contributed by atoms with Gasteiger partial charge in [0.15, 0.2) is 5.82 Å². The second kappa shape index (κ2) is 7.11. The monoisotopic (exact) mass is 375 g/mol. The van der Waals surface area contributed by atoms with Gasteiger partial charge in [-0.2, -0.15) is 10.2 Å². The summed E-state index contributed by atoms with van der Waals surface area (Å²) in [6, 6.07) is 15.4. The van der Waals surface area contributed by atoms with Crippen LogP contribution in [0.25, 0.3) is 16.9 Å². The van der Waals surface area contributed by atoms with Crippen molar-refractivity contribution in [2.45, 2.75) is 6.92 Å². The molecule has 28 heavy (non-hydrogen) atoms. The highest BCUT2D eigenvalue weighted by atomic mass is 19.1. The van der Waals surface area contributed by atoms with Gasteiger partial charge in [0.25, 0.3) is 5.91 Å². The minimum atomic E-state index is -0.331. The molecule has 0 aliphatic rings. The fraction of sp³-hybridized carbons (Fsp3) is 0.0952. The normalized spacial score (nSPS) is 10.8. The molecule has 4 rings (SSSR count). The Hall–Kier alpha value is -3.74. The van der Waals surface area contributed by atoms with Crippen LogP contribution in [0, 0.1) is 12.7 Å². The summed E-state index contributed by atoms with van der Waals surface area (Å²) in [6.45, 7) is 1.98. The summed E-state index contributed by atoms with van der Waals surface area (Å²) >= 11 is 0. The van der Waals surface area contributed by atoms with Crippen LogP contribution in [0.5, 0.6) is 0 Å². The number of aryl methyl sites for hydroxylation is 2. The third-order valence-electron chi connectivity index (χ3n) is 4.30. The van der Waals surface area contributed by atoms with Crippen LogP contribution >= 0.6 is 0 Å². The first kappa shape index (κ1) is 17.7. The van der Waals surface area contributed by atoms with Gasteiger partial charge in [-0.05, 0) is 37.3 Å². The average molecular weight is 375 g/mol. The molecule has 0 spiro atoms. The van der Waals surface area contributed by atoms with Crippen molar-refractivity contribution in [1.29, 1.82) is 0 Å². The standard InChI is InChI=1S/C21H18FN5O/c1-14-4-3-5-15(12-14)20-18(21(28)23-19-10-11-26(2)24-19)13-27(25-20)17-8-6-16(22)7-9-17/h3-13H,1-2H3,(H,23,24,28). The molecule has 2 heterocycles. The number of carbonyl (C=O) groups excluding carboxylic acids is 1. The Bertz CT molecular complexity index is 1140. The number of halogens is 1. The summed E-state index contributed by atoms with van der Waals surface area (Å²) in [5, 5.41) is 11.6. The van der Waals surface area contributed by atoms with Gasteiger partial charge < -0.3 is 5.32 Å². The minimum Gasteiger partial charge on any atom is -0.305 e. The SMILES string of the molecule is Cc1cccc(-c2nn(-c3ccc(F)cc3)cc2C(=O)Nc2ccn(C)n2)c1. The van der Waals surface area contributed by atoms with Crippen molar-refractivity contribution in [1.82, 2.24) is 19.6 Å². The van der Waals surface area contributed by atoms with E-state index in [0.717, 1.165) is 11.1 Å². The second-order valence-corrected chi connectivity index (χ2v) is 6.51. The van der Waals surface area contributed by atoms with Gasteiger partial charge in [-0.1, -0.05) is 23.8 Å². The van der Waals surface area contributed by atoms with Gasteiger partial charge >= 0.3 is 0 Å². The highest BCUT2D eigenvalue weighted by molar-refractivity contribution is 6.07. The van der Waals surface area contributed by atoms with Crippen LogP contribution in [0.15, 0.2) is 67.0 Å². The molecule has 0 bridgehead atoms. The van der Waals surface area contributed by atoms with Gasteiger partial charge in [0.1, 0.15) is 11.5 Å². The highest BCUT2D eigenvalue weighted by Crippen LogP contribution is 2.25. The number of aromatic nitrogens is 4. The zero-order valence-electron chi connectivity index (χ0n) is 15.4. The fourth-order valence-corrected chi connectivity index (χ4v) is 2.94.